The van der Waals surface area contributed by atoms with E-state index in [0.717, 1.165) is 23.6 Å². The van der Waals surface area contributed by atoms with Crippen molar-refractivity contribution in [3.63, 3.8) is 0 Å². The molecule has 4 rings (SSSR count). The summed E-state index contributed by atoms with van der Waals surface area (Å²) in [4.78, 5) is 49.8. The van der Waals surface area contributed by atoms with Gasteiger partial charge in [0.2, 0.25) is 11.8 Å². The Kier molecular flexibility index (Phi) is 4.59. The zero-order chi connectivity index (χ0) is 19.0. The molecule has 140 valence electrons. The molecule has 1 fully saturated rings. The molecule has 4 amide bonds. The number of carbonyl (C=O) groups is 4. The molecule has 0 bridgehead atoms. The molecule has 2 unspecified atom stereocenters. The monoisotopic (exact) mass is 368 g/mol. The average molecular weight is 368 g/mol. The Bertz CT molecular complexity index is 863. The van der Waals surface area contributed by atoms with Gasteiger partial charge in [0.15, 0.2) is 0 Å². The van der Waals surface area contributed by atoms with Crippen LogP contribution in [0.3, 0.4) is 0 Å². The summed E-state index contributed by atoms with van der Waals surface area (Å²) in [5, 5.41) is 8.82. The molecule has 2 atom stereocenters. The van der Waals surface area contributed by atoms with E-state index < -0.39 is 23.8 Å². The summed E-state index contributed by atoms with van der Waals surface area (Å²) in [6.45, 7) is 2.21. The maximum Gasteiger partial charge on any atom is 0.262 e. The molecule has 1 aromatic carbocycles. The summed E-state index contributed by atoms with van der Waals surface area (Å²) >= 11 is 0. The van der Waals surface area contributed by atoms with Crippen LogP contribution < -0.4 is 16.0 Å². The zero-order valence-corrected chi connectivity index (χ0v) is 14.7. The first kappa shape index (κ1) is 17.6. The largest absolute Gasteiger partial charge is 0.311 e. The van der Waals surface area contributed by atoms with Crippen LogP contribution in [0.25, 0.3) is 0 Å². The number of carbonyl (C=O) groups excluding carboxylic acids is 4. The van der Waals surface area contributed by atoms with Crippen LogP contribution in [0, 0.1) is 0 Å². The number of hydrogen-bond acceptors (Lipinski definition) is 6. The van der Waals surface area contributed by atoms with Crippen LogP contribution in [0.15, 0.2) is 30.4 Å². The van der Waals surface area contributed by atoms with E-state index in [9.17, 15) is 19.2 Å². The molecule has 0 radical (unpaired) electrons. The number of piperidine rings is 1. The van der Waals surface area contributed by atoms with Crippen molar-refractivity contribution in [2.45, 2.75) is 31.5 Å². The van der Waals surface area contributed by atoms with Crippen LogP contribution in [0.2, 0.25) is 0 Å². The van der Waals surface area contributed by atoms with Crippen molar-refractivity contribution in [2.24, 2.45) is 0 Å². The van der Waals surface area contributed by atoms with Crippen LogP contribution >= 0.6 is 0 Å². The molecule has 8 heteroatoms. The van der Waals surface area contributed by atoms with E-state index in [1.54, 1.807) is 12.1 Å². The van der Waals surface area contributed by atoms with Crippen molar-refractivity contribution in [1.82, 2.24) is 20.9 Å². The second-order valence-corrected chi connectivity index (χ2v) is 6.90. The highest BCUT2D eigenvalue weighted by atomic mass is 16.2. The lowest BCUT2D eigenvalue weighted by Crippen LogP contribution is -2.54. The molecule has 0 saturated carbocycles. The number of amides is 4. The number of nitrogens with zero attached hydrogens (tertiary/aromatic N) is 1. The SMILES string of the molecule is O=C1CCC(N2C(=O)c3ccc(CNCC4C=CCN4)cc3C2=O)C(=O)N1. The number of rotatable bonds is 5. The molecule has 8 nitrogen and oxygen atoms in total. The summed E-state index contributed by atoms with van der Waals surface area (Å²) in [7, 11) is 0. The predicted octanol–water partition coefficient (Wildman–Crippen LogP) is -0.295. The van der Waals surface area contributed by atoms with E-state index in [0.29, 0.717) is 23.7 Å². The van der Waals surface area contributed by atoms with Crippen molar-refractivity contribution in [1.29, 1.82) is 0 Å². The van der Waals surface area contributed by atoms with E-state index in [2.05, 4.69) is 28.1 Å². The highest BCUT2D eigenvalue weighted by Gasteiger charge is 2.44. The van der Waals surface area contributed by atoms with E-state index in [1.807, 2.05) is 6.07 Å². The molecule has 3 aliphatic rings. The van der Waals surface area contributed by atoms with Gasteiger partial charge in [0.1, 0.15) is 6.04 Å². The fourth-order valence-electron chi connectivity index (χ4n) is 3.66. The topological polar surface area (TPSA) is 108 Å². The molecule has 3 aliphatic heterocycles. The molecular weight excluding hydrogens is 348 g/mol. The molecule has 3 heterocycles. The van der Waals surface area contributed by atoms with Crippen molar-refractivity contribution in [2.75, 3.05) is 13.1 Å². The zero-order valence-electron chi connectivity index (χ0n) is 14.7. The Morgan fingerprint density at radius 1 is 1.11 bits per heavy atom. The first-order valence-electron chi connectivity index (χ1n) is 9.00. The maximum absolute atomic E-state index is 12.8. The molecule has 0 aliphatic carbocycles. The maximum atomic E-state index is 12.8. The van der Waals surface area contributed by atoms with E-state index in [1.165, 1.54) is 0 Å². The van der Waals surface area contributed by atoms with E-state index in [-0.39, 0.29) is 18.7 Å². The van der Waals surface area contributed by atoms with Gasteiger partial charge in [0.05, 0.1) is 11.1 Å². The van der Waals surface area contributed by atoms with Gasteiger partial charge < -0.3 is 10.6 Å². The van der Waals surface area contributed by atoms with Gasteiger partial charge in [-0.25, -0.2) is 0 Å². The standard InChI is InChI=1S/C19H20N4O4/c24-16-6-5-15(17(25)22-16)23-18(26)13-4-3-11(8-14(13)19(23)27)9-20-10-12-2-1-7-21-12/h1-4,8,12,15,20-21H,5-7,9-10H2,(H,22,24,25). The van der Waals surface area contributed by atoms with Crippen LogP contribution in [-0.2, 0) is 16.1 Å². The Balaban J connectivity index is 1.47. The van der Waals surface area contributed by atoms with E-state index >= 15 is 0 Å². The van der Waals surface area contributed by atoms with E-state index in [4.69, 9.17) is 0 Å². The lowest BCUT2D eigenvalue weighted by molar-refractivity contribution is -0.136. The van der Waals surface area contributed by atoms with Gasteiger partial charge in [-0.05, 0) is 24.1 Å². The molecule has 1 aromatic rings. The highest BCUT2D eigenvalue weighted by Crippen LogP contribution is 2.28. The molecule has 0 aromatic heterocycles. The number of hydrogen-bond donors (Lipinski definition) is 3. The van der Waals surface area contributed by atoms with Crippen LogP contribution in [-0.4, -0.2) is 53.7 Å². The second-order valence-electron chi connectivity index (χ2n) is 6.90. The van der Waals surface area contributed by atoms with Gasteiger partial charge in [0, 0.05) is 32.1 Å². The van der Waals surface area contributed by atoms with Crippen LogP contribution in [0.4, 0.5) is 0 Å². The lowest BCUT2D eigenvalue weighted by atomic mass is 10.0. The minimum Gasteiger partial charge on any atom is -0.311 e. The third-order valence-corrected chi connectivity index (χ3v) is 5.06. The third-order valence-electron chi connectivity index (χ3n) is 5.06. The molecule has 1 saturated heterocycles. The molecule has 0 spiro atoms. The fourth-order valence-corrected chi connectivity index (χ4v) is 3.66. The number of benzene rings is 1. The third kappa shape index (κ3) is 3.29. The summed E-state index contributed by atoms with van der Waals surface area (Å²) in [6.07, 6.45) is 4.46. The first-order chi connectivity index (χ1) is 13.0. The minimum absolute atomic E-state index is 0.114. The summed E-state index contributed by atoms with van der Waals surface area (Å²) in [5.41, 5.74) is 1.50. The minimum atomic E-state index is -0.933. The lowest BCUT2D eigenvalue weighted by Gasteiger charge is -2.27. The summed E-state index contributed by atoms with van der Waals surface area (Å²) < 4.78 is 0. The number of fused-ring (bicyclic) bond motifs is 1. The summed E-state index contributed by atoms with van der Waals surface area (Å²) in [5.74, 6) is -1.94. The predicted molar refractivity (Wildman–Crippen MR) is 95.8 cm³/mol. The summed E-state index contributed by atoms with van der Waals surface area (Å²) in [6, 6.07) is 4.50. The number of nitrogens with one attached hydrogen (secondary N) is 3. The van der Waals surface area contributed by atoms with Crippen molar-refractivity contribution < 1.29 is 19.2 Å². The number of imide groups is 2. The van der Waals surface area contributed by atoms with Gasteiger partial charge in [-0.3, -0.25) is 29.4 Å². The van der Waals surface area contributed by atoms with Gasteiger partial charge in [-0.1, -0.05) is 18.2 Å². The van der Waals surface area contributed by atoms with Crippen molar-refractivity contribution in [3.05, 3.63) is 47.0 Å². The van der Waals surface area contributed by atoms with Crippen molar-refractivity contribution >= 4 is 23.6 Å². The van der Waals surface area contributed by atoms with Crippen LogP contribution in [0.1, 0.15) is 39.1 Å². The smallest absolute Gasteiger partial charge is 0.262 e. The van der Waals surface area contributed by atoms with Crippen molar-refractivity contribution in [3.8, 4) is 0 Å². The Hall–Kier alpha value is -2.84. The Morgan fingerprint density at radius 2 is 1.93 bits per heavy atom. The fraction of sp³-hybridized carbons (Fsp3) is 0.368. The highest BCUT2D eigenvalue weighted by molar-refractivity contribution is 6.23. The van der Waals surface area contributed by atoms with Gasteiger partial charge in [-0.15, -0.1) is 0 Å². The van der Waals surface area contributed by atoms with Gasteiger partial charge >= 0.3 is 0 Å². The average Bonchev–Trinajstić information content (AvgIpc) is 3.24. The Labute approximate surface area is 156 Å². The Morgan fingerprint density at radius 3 is 2.67 bits per heavy atom. The van der Waals surface area contributed by atoms with Crippen LogP contribution in [0.5, 0.6) is 0 Å². The second kappa shape index (κ2) is 7.05. The molecule has 3 N–H and O–H groups in total. The molecular formula is C19H20N4O4. The quantitative estimate of drug-likeness (QED) is 0.487. The molecule has 27 heavy (non-hydrogen) atoms. The van der Waals surface area contributed by atoms with Gasteiger partial charge in [-0.2, -0.15) is 0 Å². The van der Waals surface area contributed by atoms with Gasteiger partial charge in [0.25, 0.3) is 11.8 Å². The normalized spacial score (nSPS) is 24.5. The first-order valence-corrected chi connectivity index (χ1v) is 9.00.